The fourth-order valence-corrected chi connectivity index (χ4v) is 1.12. The van der Waals surface area contributed by atoms with Gasteiger partial charge in [-0.1, -0.05) is 11.6 Å². The van der Waals surface area contributed by atoms with Crippen molar-refractivity contribution in [2.75, 3.05) is 0 Å². The maximum atomic E-state index is 8.87. The molecule has 1 rings (SSSR count). The van der Waals surface area contributed by atoms with Gasteiger partial charge in [0.1, 0.15) is 0 Å². The van der Waals surface area contributed by atoms with Gasteiger partial charge in [-0.15, -0.1) is 11.3 Å². The molecule has 5 heteroatoms. The Balaban J connectivity index is 2.90. The number of rotatable bonds is 1. The Morgan fingerprint density at radius 2 is 2.56 bits per heavy atom. The Hall–Kier alpha value is -0.160. The van der Waals surface area contributed by atoms with Crippen LogP contribution in [0.25, 0.3) is 0 Å². The van der Waals surface area contributed by atoms with E-state index >= 15 is 0 Å². The lowest BCUT2D eigenvalue weighted by Crippen LogP contribution is -2.28. The molecule has 0 saturated heterocycles. The molecule has 0 fully saturated rings. The molecule has 0 aliphatic carbocycles. The number of halogens is 1. The summed E-state index contributed by atoms with van der Waals surface area (Å²) in [5, 5.41) is 9.07. The van der Waals surface area contributed by atoms with Crippen molar-refractivity contribution in [3.05, 3.63) is 16.6 Å². The van der Waals surface area contributed by atoms with E-state index in [1.54, 1.807) is 5.38 Å². The van der Waals surface area contributed by atoms with Crippen LogP contribution < -0.4 is 5.73 Å². The first-order valence-corrected chi connectivity index (χ1v) is 3.46. The van der Waals surface area contributed by atoms with E-state index in [1.165, 1.54) is 17.5 Å². The van der Waals surface area contributed by atoms with Gasteiger partial charge in [0.05, 0.1) is 0 Å². The number of nitrogens with zero attached hydrogens (tertiary/aromatic N) is 1. The molecule has 1 aromatic rings. The summed E-state index contributed by atoms with van der Waals surface area (Å²) in [5.74, 6) is 0. The van der Waals surface area contributed by atoms with E-state index in [1.807, 2.05) is 0 Å². The van der Waals surface area contributed by atoms with Crippen LogP contribution in [0.2, 0.25) is 0 Å². The maximum absolute atomic E-state index is 8.87. The summed E-state index contributed by atoms with van der Waals surface area (Å²) in [6, 6.07) is 0. The standard InChI is InChI=1S/C4H5ClN2OS/c5-4(6,8)3-7-1-2-9-3/h1-2,8H,6H2. The molecule has 0 saturated carbocycles. The summed E-state index contributed by atoms with van der Waals surface area (Å²) in [5.41, 5.74) is 5.07. The second kappa shape index (κ2) is 2.22. The molecule has 0 aliphatic rings. The smallest absolute Gasteiger partial charge is 0.245 e. The molecule has 0 radical (unpaired) electrons. The van der Waals surface area contributed by atoms with Crippen LogP contribution in [0.1, 0.15) is 5.01 Å². The average Bonchev–Trinajstić information content (AvgIpc) is 2.08. The number of alkyl halides is 1. The van der Waals surface area contributed by atoms with Gasteiger partial charge < -0.3 is 5.11 Å². The van der Waals surface area contributed by atoms with Gasteiger partial charge in [0.15, 0.2) is 5.01 Å². The second-order valence-corrected chi connectivity index (χ2v) is 2.98. The summed E-state index contributed by atoms with van der Waals surface area (Å²) in [6.45, 7) is 0. The maximum Gasteiger partial charge on any atom is 0.245 e. The molecule has 0 bridgehead atoms. The second-order valence-electron chi connectivity index (χ2n) is 1.51. The van der Waals surface area contributed by atoms with E-state index in [9.17, 15) is 0 Å². The van der Waals surface area contributed by atoms with E-state index in [2.05, 4.69) is 4.98 Å². The van der Waals surface area contributed by atoms with Crippen LogP contribution in [0.5, 0.6) is 0 Å². The lowest BCUT2D eigenvalue weighted by atomic mass is 10.6. The van der Waals surface area contributed by atoms with E-state index in [0.29, 0.717) is 5.01 Å². The van der Waals surface area contributed by atoms with Gasteiger partial charge in [0.2, 0.25) is 5.18 Å². The lowest BCUT2D eigenvalue weighted by molar-refractivity contribution is 0.136. The van der Waals surface area contributed by atoms with Crippen LogP contribution >= 0.6 is 22.9 Å². The number of aliphatic hydroxyl groups is 1. The molecular weight excluding hydrogens is 160 g/mol. The number of aromatic nitrogens is 1. The summed E-state index contributed by atoms with van der Waals surface area (Å²) in [7, 11) is 0. The lowest BCUT2D eigenvalue weighted by Gasteiger charge is -2.08. The minimum atomic E-state index is -1.80. The van der Waals surface area contributed by atoms with E-state index in [-0.39, 0.29) is 0 Å². The first kappa shape index (κ1) is 6.95. The minimum absolute atomic E-state index is 0.309. The third-order valence-corrected chi connectivity index (χ3v) is 1.92. The first-order valence-electron chi connectivity index (χ1n) is 2.21. The summed E-state index contributed by atoms with van der Waals surface area (Å²) in [6.07, 6.45) is 1.53. The van der Waals surface area contributed by atoms with E-state index in [4.69, 9.17) is 22.4 Å². The van der Waals surface area contributed by atoms with Crippen molar-refractivity contribution < 1.29 is 5.11 Å². The molecular formula is C4H5ClN2OS. The van der Waals surface area contributed by atoms with Gasteiger partial charge in [-0.2, -0.15) is 0 Å². The fourth-order valence-electron chi connectivity index (χ4n) is 0.397. The Kier molecular flexibility index (Phi) is 1.72. The van der Waals surface area contributed by atoms with Crippen molar-refractivity contribution in [3.63, 3.8) is 0 Å². The number of hydrogen-bond donors (Lipinski definition) is 2. The molecule has 3 nitrogen and oxygen atoms in total. The molecule has 1 heterocycles. The normalized spacial score (nSPS) is 17.2. The minimum Gasteiger partial charge on any atom is -0.357 e. The molecule has 3 N–H and O–H groups in total. The Bertz CT molecular complexity index is 181. The van der Waals surface area contributed by atoms with E-state index in [0.717, 1.165) is 0 Å². The summed E-state index contributed by atoms with van der Waals surface area (Å²) >= 11 is 6.49. The third kappa shape index (κ3) is 1.62. The highest BCUT2D eigenvalue weighted by molar-refractivity contribution is 7.09. The molecule has 1 aromatic heterocycles. The van der Waals surface area contributed by atoms with Crippen molar-refractivity contribution >= 4 is 22.9 Å². The zero-order valence-electron chi connectivity index (χ0n) is 4.41. The molecule has 0 aromatic carbocycles. The predicted molar refractivity (Wildman–Crippen MR) is 36.1 cm³/mol. The van der Waals surface area contributed by atoms with Crippen LogP contribution in [-0.2, 0) is 5.18 Å². The highest BCUT2D eigenvalue weighted by Gasteiger charge is 2.22. The molecule has 0 amide bonds. The molecule has 1 atom stereocenters. The van der Waals surface area contributed by atoms with Crippen molar-refractivity contribution in [1.29, 1.82) is 0 Å². The average molecular weight is 165 g/mol. The van der Waals surface area contributed by atoms with Gasteiger partial charge in [-0.05, 0) is 0 Å². The summed E-state index contributed by atoms with van der Waals surface area (Å²) in [4.78, 5) is 3.70. The van der Waals surface area contributed by atoms with Crippen LogP contribution in [0.3, 0.4) is 0 Å². The fraction of sp³-hybridized carbons (Fsp3) is 0.250. The van der Waals surface area contributed by atoms with Crippen LogP contribution in [0.4, 0.5) is 0 Å². The van der Waals surface area contributed by atoms with Crippen molar-refractivity contribution in [2.45, 2.75) is 5.18 Å². The molecule has 1 unspecified atom stereocenters. The van der Waals surface area contributed by atoms with Crippen LogP contribution in [0.15, 0.2) is 11.6 Å². The van der Waals surface area contributed by atoms with Gasteiger partial charge in [0.25, 0.3) is 0 Å². The number of nitrogens with two attached hydrogens (primary N) is 1. The molecule has 0 aliphatic heterocycles. The SMILES string of the molecule is NC(O)(Cl)c1nccs1. The molecule has 9 heavy (non-hydrogen) atoms. The van der Waals surface area contributed by atoms with Crippen molar-refractivity contribution in [2.24, 2.45) is 5.73 Å². The van der Waals surface area contributed by atoms with Crippen molar-refractivity contribution in [3.8, 4) is 0 Å². The highest BCUT2D eigenvalue weighted by atomic mass is 35.5. The van der Waals surface area contributed by atoms with Gasteiger partial charge in [0, 0.05) is 11.6 Å². The number of thiazole rings is 1. The monoisotopic (exact) mass is 164 g/mol. The molecule has 50 valence electrons. The van der Waals surface area contributed by atoms with E-state index < -0.39 is 5.18 Å². The molecule has 0 spiro atoms. The number of hydrogen-bond acceptors (Lipinski definition) is 4. The Morgan fingerprint density at radius 1 is 1.89 bits per heavy atom. The zero-order valence-corrected chi connectivity index (χ0v) is 5.99. The van der Waals surface area contributed by atoms with Crippen LogP contribution in [-0.4, -0.2) is 10.1 Å². The van der Waals surface area contributed by atoms with Gasteiger partial charge in [-0.25, -0.2) is 4.98 Å². The highest BCUT2D eigenvalue weighted by Crippen LogP contribution is 2.20. The van der Waals surface area contributed by atoms with Gasteiger partial charge >= 0.3 is 0 Å². The Morgan fingerprint density at radius 3 is 2.78 bits per heavy atom. The summed E-state index contributed by atoms with van der Waals surface area (Å²) < 4.78 is 0. The topological polar surface area (TPSA) is 59.1 Å². The first-order chi connectivity index (χ1) is 4.11. The predicted octanol–water partition coefficient (Wildman–Crippen LogP) is 0.443. The van der Waals surface area contributed by atoms with Crippen molar-refractivity contribution in [1.82, 2.24) is 4.98 Å². The zero-order chi connectivity index (χ0) is 6.91. The largest absolute Gasteiger partial charge is 0.357 e. The van der Waals surface area contributed by atoms with Gasteiger partial charge in [-0.3, -0.25) is 5.73 Å². The van der Waals surface area contributed by atoms with Crippen LogP contribution in [0, 0.1) is 0 Å². The third-order valence-electron chi connectivity index (χ3n) is 0.732. The Labute approximate surface area is 61.1 Å². The quantitative estimate of drug-likeness (QED) is 0.360.